The maximum atomic E-state index is 10.9. The molecule has 0 saturated carbocycles. The van der Waals surface area contributed by atoms with Crippen LogP contribution < -0.4 is 10.6 Å². The Morgan fingerprint density at radius 1 is 0.825 bits per heavy atom. The van der Waals surface area contributed by atoms with E-state index in [4.69, 9.17) is 5.11 Å². The summed E-state index contributed by atoms with van der Waals surface area (Å²) in [7, 11) is 4.46. The summed E-state index contributed by atoms with van der Waals surface area (Å²) < 4.78 is 4.60. The van der Waals surface area contributed by atoms with E-state index in [1.165, 1.54) is 88.9 Å². The lowest BCUT2D eigenvalue weighted by atomic mass is 10.1. The minimum Gasteiger partial charge on any atom is -0.468 e. The summed E-state index contributed by atoms with van der Waals surface area (Å²) in [5, 5.41) is 12.6. The predicted molar refractivity (Wildman–Crippen MR) is 187 cm³/mol. The fourth-order valence-corrected chi connectivity index (χ4v) is 4.13. The average molecular weight is 609 g/mol. The van der Waals surface area contributed by atoms with Crippen LogP contribution in [0.3, 0.4) is 0 Å². The number of thioether (sulfide) groups is 2. The Balaban J connectivity index is -0.000000125. The van der Waals surface area contributed by atoms with E-state index in [0.717, 1.165) is 19.4 Å². The van der Waals surface area contributed by atoms with Gasteiger partial charge in [0.1, 0.15) is 0 Å². The van der Waals surface area contributed by atoms with Crippen molar-refractivity contribution in [1.82, 2.24) is 10.6 Å². The van der Waals surface area contributed by atoms with Gasteiger partial charge in [-0.2, -0.15) is 23.5 Å². The number of hydrogen-bond acceptors (Lipinski definition) is 7. The van der Waals surface area contributed by atoms with Crippen LogP contribution >= 0.6 is 23.5 Å². The van der Waals surface area contributed by atoms with E-state index in [0.29, 0.717) is 17.9 Å². The maximum Gasteiger partial charge on any atom is 0.315 e. The number of ether oxygens (including phenoxy) is 1. The van der Waals surface area contributed by atoms with Crippen LogP contribution in [0.4, 0.5) is 0 Å². The number of methoxy groups -OCH3 is 1. The predicted octanol–water partition coefficient (Wildman–Crippen LogP) is 8.42. The molecule has 0 aliphatic carbocycles. The molecule has 0 aliphatic rings. The van der Waals surface area contributed by atoms with Crippen molar-refractivity contribution in [2.75, 3.05) is 50.8 Å². The standard InChI is InChI=1S/C16H33NO2S2.C7H9NO.2C3H8.C2H6.CH4O/c1-17-11-10-14-20-12-8-6-4-3-5-7-9-13-21-15-16(18)19-2;1-3-5-7(4-2)8-6-9;2*1-3-2;2*1-2/h17H,3-15H2,1-2H3;3-6H,1-2H2,(H,8,9);2*3H2,1-2H3;1-2H3;2H,1H3/b;7-5+;;;;. The Bertz CT molecular complexity index is 490. The van der Waals surface area contributed by atoms with Gasteiger partial charge in [-0.25, -0.2) is 0 Å². The van der Waals surface area contributed by atoms with E-state index in [2.05, 4.69) is 68.0 Å². The monoisotopic (exact) mass is 608 g/mol. The number of rotatable bonds is 20. The fourth-order valence-electron chi connectivity index (χ4n) is 2.33. The molecule has 0 heterocycles. The molecule has 0 saturated heterocycles. The second-order valence-corrected chi connectivity index (χ2v) is 10.2. The zero-order valence-electron chi connectivity index (χ0n) is 27.8. The van der Waals surface area contributed by atoms with Gasteiger partial charge in [0.05, 0.1) is 12.9 Å². The molecule has 0 aromatic rings. The summed E-state index contributed by atoms with van der Waals surface area (Å²) in [6.45, 7) is 20.6. The number of amides is 1. The summed E-state index contributed by atoms with van der Waals surface area (Å²) in [5.74, 6) is 4.10. The molecular weight excluding hydrogens is 540 g/mol. The second-order valence-electron chi connectivity index (χ2n) is 7.91. The Morgan fingerprint density at radius 3 is 1.62 bits per heavy atom. The van der Waals surface area contributed by atoms with Crippen molar-refractivity contribution in [3.8, 4) is 0 Å². The van der Waals surface area contributed by atoms with Crippen molar-refractivity contribution in [3.05, 3.63) is 37.1 Å². The molecule has 242 valence electrons. The molecule has 8 heteroatoms. The molecule has 6 nitrogen and oxygen atoms in total. The highest BCUT2D eigenvalue weighted by Gasteiger charge is 1.99. The molecule has 0 bridgehead atoms. The van der Waals surface area contributed by atoms with E-state index in [1.807, 2.05) is 20.9 Å². The van der Waals surface area contributed by atoms with Crippen LogP contribution in [0.2, 0.25) is 0 Å². The zero-order valence-corrected chi connectivity index (χ0v) is 29.5. The van der Waals surface area contributed by atoms with Gasteiger partial charge >= 0.3 is 5.97 Å². The Labute approximate surface area is 259 Å². The first-order valence-electron chi connectivity index (χ1n) is 15.0. The number of aliphatic hydroxyl groups is 1. The number of carbonyl (C=O) groups excluding carboxylic acids is 2. The maximum absolute atomic E-state index is 10.9. The van der Waals surface area contributed by atoms with Gasteiger partial charge < -0.3 is 20.5 Å². The molecule has 0 rings (SSSR count). The molecule has 0 aromatic heterocycles. The van der Waals surface area contributed by atoms with Crippen LogP contribution in [0.15, 0.2) is 37.1 Å². The molecule has 0 radical (unpaired) electrons. The number of unbranched alkanes of at least 4 members (excludes halogenated alkanes) is 6. The van der Waals surface area contributed by atoms with E-state index in [1.54, 1.807) is 23.9 Å². The SMILES string of the molecule is C=C/C=C(\C=C)NC=O.CC.CCC.CCC.CNCCCSCCCCCCCCCSCC(=O)OC.CO. The molecule has 0 unspecified atom stereocenters. The third kappa shape index (κ3) is 70.8. The normalized spacial score (nSPS) is 9.10. The average Bonchev–Trinajstić information content (AvgIpc) is 2.98. The third-order valence-corrected chi connectivity index (χ3v) is 6.16. The summed E-state index contributed by atoms with van der Waals surface area (Å²) in [4.78, 5) is 20.7. The van der Waals surface area contributed by atoms with Gasteiger partial charge in [-0.3, -0.25) is 9.59 Å². The van der Waals surface area contributed by atoms with Crippen LogP contribution in [0.25, 0.3) is 0 Å². The van der Waals surface area contributed by atoms with Gasteiger partial charge in [-0.05, 0) is 62.3 Å². The Hall–Kier alpha value is -1.22. The number of nitrogens with one attached hydrogen (secondary N) is 2. The van der Waals surface area contributed by atoms with Crippen LogP contribution in [0.1, 0.15) is 106 Å². The number of aliphatic hydroxyl groups excluding tert-OH is 1. The van der Waals surface area contributed by atoms with E-state index < -0.39 is 0 Å². The molecule has 0 fully saturated rings. The Morgan fingerprint density at radius 2 is 1.25 bits per heavy atom. The van der Waals surface area contributed by atoms with E-state index >= 15 is 0 Å². The first-order valence-corrected chi connectivity index (χ1v) is 17.3. The second kappa shape index (κ2) is 61.7. The lowest BCUT2D eigenvalue weighted by molar-refractivity contribution is -0.137. The highest BCUT2D eigenvalue weighted by atomic mass is 32.2. The summed E-state index contributed by atoms with van der Waals surface area (Å²) >= 11 is 3.78. The minimum absolute atomic E-state index is 0.108. The van der Waals surface area contributed by atoms with Crippen molar-refractivity contribution in [1.29, 1.82) is 0 Å². The van der Waals surface area contributed by atoms with Crippen molar-refractivity contribution in [2.45, 2.75) is 106 Å². The van der Waals surface area contributed by atoms with E-state index in [-0.39, 0.29) is 5.97 Å². The number of carbonyl (C=O) groups is 2. The smallest absolute Gasteiger partial charge is 0.315 e. The molecular formula is C32H68N2O4S2. The van der Waals surface area contributed by atoms with Crippen molar-refractivity contribution in [3.63, 3.8) is 0 Å². The lowest BCUT2D eigenvalue weighted by Gasteiger charge is -2.03. The largest absolute Gasteiger partial charge is 0.468 e. The van der Waals surface area contributed by atoms with Gasteiger partial charge in [0, 0.05) is 12.8 Å². The minimum atomic E-state index is -0.108. The first kappa shape index (κ1) is 51.5. The summed E-state index contributed by atoms with van der Waals surface area (Å²) in [6.07, 6.45) is 18.5. The molecule has 40 heavy (non-hydrogen) atoms. The van der Waals surface area contributed by atoms with Gasteiger partial charge in [0.2, 0.25) is 6.41 Å². The highest BCUT2D eigenvalue weighted by molar-refractivity contribution is 7.99. The van der Waals surface area contributed by atoms with Crippen molar-refractivity contribution < 1.29 is 19.4 Å². The lowest BCUT2D eigenvalue weighted by Crippen LogP contribution is -2.08. The number of esters is 1. The fraction of sp³-hybridized carbons (Fsp3) is 0.750. The molecule has 3 N–H and O–H groups in total. The molecule has 0 aliphatic heterocycles. The zero-order chi connectivity index (χ0) is 32.1. The molecule has 0 aromatic carbocycles. The Kier molecular flexibility index (Phi) is 79.5. The molecule has 1 amide bonds. The van der Waals surface area contributed by atoms with Gasteiger partial charge in [-0.15, -0.1) is 0 Å². The first-order chi connectivity index (χ1) is 19.5. The number of allylic oxidation sites excluding steroid dienone is 3. The number of hydrogen-bond donors (Lipinski definition) is 3. The quantitative estimate of drug-likeness (QED) is 0.0553. The van der Waals surface area contributed by atoms with Crippen LogP contribution in [-0.4, -0.2) is 68.3 Å². The molecule has 0 atom stereocenters. The van der Waals surface area contributed by atoms with E-state index in [9.17, 15) is 9.59 Å². The van der Waals surface area contributed by atoms with Crippen molar-refractivity contribution in [2.24, 2.45) is 0 Å². The van der Waals surface area contributed by atoms with Gasteiger partial charge in [0.25, 0.3) is 0 Å². The third-order valence-electron chi connectivity index (χ3n) is 3.98. The van der Waals surface area contributed by atoms with Crippen LogP contribution in [0.5, 0.6) is 0 Å². The van der Waals surface area contributed by atoms with Crippen molar-refractivity contribution >= 4 is 35.9 Å². The van der Waals surface area contributed by atoms with Crippen LogP contribution in [0, 0.1) is 0 Å². The summed E-state index contributed by atoms with van der Waals surface area (Å²) in [5.41, 5.74) is 0.653. The summed E-state index contributed by atoms with van der Waals surface area (Å²) in [6, 6.07) is 0. The van der Waals surface area contributed by atoms with Gasteiger partial charge in [0.15, 0.2) is 0 Å². The van der Waals surface area contributed by atoms with Crippen LogP contribution in [-0.2, 0) is 14.3 Å². The highest BCUT2D eigenvalue weighted by Crippen LogP contribution is 2.12. The molecule has 0 spiro atoms. The topological polar surface area (TPSA) is 87.7 Å². The van der Waals surface area contributed by atoms with Gasteiger partial charge in [-0.1, -0.05) is 106 Å².